The highest BCUT2D eigenvalue weighted by Gasteiger charge is 2.29. The van der Waals surface area contributed by atoms with E-state index in [0.717, 1.165) is 12.5 Å². The number of hydrogen-bond acceptors (Lipinski definition) is 3. The molecule has 0 spiro atoms. The van der Waals surface area contributed by atoms with Crippen molar-refractivity contribution in [1.82, 2.24) is 0 Å². The molecule has 0 rings (SSSR count). The Morgan fingerprint density at radius 3 is 1.83 bits per heavy atom. The number of hydrogen-bond donors (Lipinski definition) is 1. The van der Waals surface area contributed by atoms with Gasteiger partial charge in [-0.1, -0.05) is 22.5 Å². The zero-order chi connectivity index (χ0) is 14.0. The minimum atomic E-state index is -2.05. The third-order valence-corrected chi connectivity index (χ3v) is 9.13. The van der Waals surface area contributed by atoms with Gasteiger partial charge >= 0.3 is 8.56 Å². The van der Waals surface area contributed by atoms with E-state index in [1.54, 1.807) is 0 Å². The molecule has 0 amide bonds. The van der Waals surface area contributed by atoms with Crippen LogP contribution in [-0.2, 0) is 8.23 Å². The number of allylic oxidation sites excluding steroid dienone is 2. The molecule has 4 radical (unpaired) electrons. The Morgan fingerprint density at radius 2 is 1.50 bits per heavy atom. The van der Waals surface area contributed by atoms with Crippen LogP contribution in [0.5, 0.6) is 0 Å². The van der Waals surface area contributed by atoms with Gasteiger partial charge in [0.2, 0.25) is 19.5 Å². The Bertz CT molecular complexity index is 263. The van der Waals surface area contributed by atoms with Gasteiger partial charge in [-0.05, 0) is 53.3 Å². The van der Waals surface area contributed by atoms with Crippen LogP contribution in [0.25, 0.3) is 0 Å². The van der Waals surface area contributed by atoms with Gasteiger partial charge in [-0.3, -0.25) is 0 Å². The number of nitrogens with two attached hydrogens (primary N) is 1. The molecule has 0 aromatic heterocycles. The van der Waals surface area contributed by atoms with Crippen LogP contribution in [-0.4, -0.2) is 34.6 Å². The Morgan fingerprint density at radius 1 is 1.06 bits per heavy atom. The van der Waals surface area contributed by atoms with Crippen molar-refractivity contribution < 1.29 is 8.23 Å². The third kappa shape index (κ3) is 9.98. The predicted octanol–water partition coefficient (Wildman–Crippen LogP) is 2.53. The van der Waals surface area contributed by atoms with Gasteiger partial charge in [0.05, 0.1) is 0 Å². The van der Waals surface area contributed by atoms with Crippen LogP contribution in [0, 0.1) is 0 Å². The summed E-state index contributed by atoms with van der Waals surface area (Å²) in [5.74, 6) is 0. The smallest absolute Gasteiger partial charge is 0.314 e. The second-order valence-electron chi connectivity index (χ2n) is 4.91. The molecule has 2 N–H and O–H groups in total. The largest absolute Gasteiger partial charge is 0.433 e. The highest BCUT2D eigenvalue weighted by Crippen LogP contribution is 2.15. The van der Waals surface area contributed by atoms with Gasteiger partial charge in [-0.25, -0.2) is 0 Å². The molecule has 6 heteroatoms. The first-order chi connectivity index (χ1) is 8.39. The van der Waals surface area contributed by atoms with Crippen LogP contribution in [0.15, 0.2) is 22.5 Å². The van der Waals surface area contributed by atoms with Crippen molar-refractivity contribution in [2.45, 2.75) is 46.7 Å². The van der Waals surface area contributed by atoms with Crippen LogP contribution in [0.1, 0.15) is 34.1 Å². The molecule has 0 unspecified atom stereocenters. The first-order valence-electron chi connectivity index (χ1n) is 6.23. The summed E-state index contributed by atoms with van der Waals surface area (Å²) < 4.78 is 12.0. The minimum absolute atomic E-state index is 0.399. The van der Waals surface area contributed by atoms with Crippen molar-refractivity contribution in [3.05, 3.63) is 22.5 Å². The summed E-state index contributed by atoms with van der Waals surface area (Å²) in [6.45, 7) is 11.2. The SMILES string of the molecule is CC(C)=C[Si]O[Si](C)(CCCN)O[Si]C=C(C)C. The summed E-state index contributed by atoms with van der Waals surface area (Å²) >= 11 is 0. The van der Waals surface area contributed by atoms with Crippen molar-refractivity contribution in [3.8, 4) is 0 Å². The Kier molecular flexibility index (Phi) is 9.88. The molecule has 0 bridgehead atoms. The maximum absolute atomic E-state index is 6.01. The molecule has 18 heavy (non-hydrogen) atoms. The van der Waals surface area contributed by atoms with E-state index in [4.69, 9.17) is 14.0 Å². The first kappa shape index (κ1) is 18.0. The molecule has 0 atom stereocenters. The van der Waals surface area contributed by atoms with Crippen molar-refractivity contribution in [3.63, 3.8) is 0 Å². The number of rotatable bonds is 9. The van der Waals surface area contributed by atoms with Crippen LogP contribution in [0.3, 0.4) is 0 Å². The molecule has 0 aliphatic heterocycles. The summed E-state index contributed by atoms with van der Waals surface area (Å²) in [7, 11) is -1.25. The average Bonchev–Trinajstić information content (AvgIpc) is 2.25. The van der Waals surface area contributed by atoms with E-state index in [1.807, 2.05) is 0 Å². The van der Waals surface area contributed by atoms with Crippen LogP contribution in [0.4, 0.5) is 0 Å². The van der Waals surface area contributed by atoms with Crippen molar-refractivity contribution in [2.75, 3.05) is 6.54 Å². The van der Waals surface area contributed by atoms with Gasteiger partial charge in [-0.15, -0.1) is 0 Å². The fraction of sp³-hybridized carbons (Fsp3) is 0.667. The molecule has 0 saturated heterocycles. The van der Waals surface area contributed by atoms with Gasteiger partial charge < -0.3 is 14.0 Å². The molecule has 102 valence electrons. The Balaban J connectivity index is 4.32. The lowest BCUT2D eigenvalue weighted by atomic mass is 10.4. The summed E-state index contributed by atoms with van der Waals surface area (Å²) in [4.78, 5) is 0. The molecular weight excluding hydrogens is 274 g/mol. The zero-order valence-electron chi connectivity index (χ0n) is 12.2. The predicted molar refractivity (Wildman–Crippen MR) is 82.6 cm³/mol. The molecule has 3 nitrogen and oxygen atoms in total. The van der Waals surface area contributed by atoms with Crippen LogP contribution in [0.2, 0.25) is 12.6 Å². The molecule has 0 fully saturated rings. The summed E-state index contributed by atoms with van der Waals surface area (Å²) in [5.41, 5.74) is 12.4. The average molecular weight is 300 g/mol. The Hall–Kier alpha value is 0.0106. The van der Waals surface area contributed by atoms with Gasteiger partial charge in [-0.2, -0.15) is 0 Å². The van der Waals surface area contributed by atoms with E-state index < -0.39 is 8.56 Å². The standard InChI is InChI=1S/C12H25NO2Si3/c1-11(2)9-16-14-18(5,8-6-7-13)15-17-10-12(3)4/h9-10H,6-8,13H2,1-5H3. The van der Waals surface area contributed by atoms with Crippen molar-refractivity contribution in [1.29, 1.82) is 0 Å². The lowest BCUT2D eigenvalue weighted by Crippen LogP contribution is -2.41. The fourth-order valence-corrected chi connectivity index (χ4v) is 6.23. The molecule has 0 aromatic rings. The third-order valence-electron chi connectivity index (χ3n) is 2.08. The Labute approximate surface area is 118 Å². The quantitative estimate of drug-likeness (QED) is 0.665. The van der Waals surface area contributed by atoms with Gasteiger partial charge in [0.1, 0.15) is 0 Å². The zero-order valence-corrected chi connectivity index (χ0v) is 15.2. The molecular formula is C12H25NO2Si3. The lowest BCUT2D eigenvalue weighted by molar-refractivity contribution is 0.419. The molecule has 0 saturated carbocycles. The van der Waals surface area contributed by atoms with Crippen LogP contribution >= 0.6 is 0 Å². The summed E-state index contributed by atoms with van der Waals surface area (Å²) in [6, 6.07) is 0.969. The molecule has 0 heterocycles. The van der Waals surface area contributed by atoms with Gasteiger partial charge in [0.15, 0.2) is 0 Å². The second-order valence-corrected chi connectivity index (χ2v) is 10.4. The molecule has 0 aliphatic carbocycles. The maximum atomic E-state index is 6.01. The highest BCUT2D eigenvalue weighted by molar-refractivity contribution is 6.75. The molecule has 0 aliphatic rings. The highest BCUT2D eigenvalue weighted by atomic mass is 28.4. The van der Waals surface area contributed by atoms with E-state index in [9.17, 15) is 0 Å². The topological polar surface area (TPSA) is 44.5 Å². The monoisotopic (exact) mass is 299 g/mol. The lowest BCUT2D eigenvalue weighted by Gasteiger charge is -2.26. The maximum Gasteiger partial charge on any atom is 0.314 e. The second kappa shape index (κ2) is 9.88. The summed E-state index contributed by atoms with van der Waals surface area (Å²) in [6.07, 6.45) is 0.974. The minimum Gasteiger partial charge on any atom is -0.433 e. The van der Waals surface area contributed by atoms with Gasteiger partial charge in [0.25, 0.3) is 0 Å². The van der Waals surface area contributed by atoms with E-state index >= 15 is 0 Å². The molecule has 0 aromatic carbocycles. The van der Waals surface area contributed by atoms with E-state index in [0.29, 0.717) is 26.1 Å². The summed E-state index contributed by atoms with van der Waals surface area (Å²) in [5, 5.41) is 0. The van der Waals surface area contributed by atoms with E-state index in [2.05, 4.69) is 45.6 Å². The van der Waals surface area contributed by atoms with Gasteiger partial charge in [0, 0.05) is 0 Å². The first-order valence-corrected chi connectivity index (χ1v) is 10.7. The fourth-order valence-electron chi connectivity index (χ4n) is 1.09. The van der Waals surface area contributed by atoms with Crippen molar-refractivity contribution in [2.24, 2.45) is 5.73 Å². The van der Waals surface area contributed by atoms with E-state index in [-0.39, 0.29) is 0 Å². The normalized spacial score (nSPS) is 11.2. The van der Waals surface area contributed by atoms with E-state index in [1.165, 1.54) is 11.1 Å². The van der Waals surface area contributed by atoms with Crippen LogP contribution < -0.4 is 5.73 Å². The van der Waals surface area contributed by atoms with Crippen molar-refractivity contribution >= 4 is 28.1 Å².